The predicted octanol–water partition coefficient (Wildman–Crippen LogP) is 5.07. The van der Waals surface area contributed by atoms with Gasteiger partial charge in [0, 0.05) is 6.54 Å². The number of nitrogens with zero attached hydrogens (tertiary/aromatic N) is 1. The summed E-state index contributed by atoms with van der Waals surface area (Å²) < 4.78 is 17.7. The number of amides is 1. The molecule has 2 aromatic carbocycles. The Kier molecular flexibility index (Phi) is 6.50. The second kappa shape index (κ2) is 9.65. The van der Waals surface area contributed by atoms with Gasteiger partial charge in [0.1, 0.15) is 19.0 Å². The second-order valence-corrected chi connectivity index (χ2v) is 10.7. The largest absolute Gasteiger partial charge is 0.486 e. The average molecular weight is 458 g/mol. The van der Waals surface area contributed by atoms with E-state index in [9.17, 15) is 4.79 Å². The van der Waals surface area contributed by atoms with E-state index in [1.807, 2.05) is 58.8 Å². The van der Waals surface area contributed by atoms with Crippen LogP contribution in [-0.4, -0.2) is 48.7 Å². The summed E-state index contributed by atoms with van der Waals surface area (Å²) in [5, 5.41) is 0. The van der Waals surface area contributed by atoms with Crippen molar-refractivity contribution in [3.05, 3.63) is 53.6 Å². The molecule has 5 nitrogen and oxygen atoms in total. The molecule has 0 aliphatic carbocycles. The monoisotopic (exact) mass is 457 g/mol. The van der Waals surface area contributed by atoms with Crippen molar-refractivity contribution in [1.29, 1.82) is 0 Å². The zero-order valence-electron chi connectivity index (χ0n) is 17.5. The normalized spacial score (nSPS) is 21.2. The Hall–Kier alpha value is -1.99. The summed E-state index contributed by atoms with van der Waals surface area (Å²) in [6, 6.07) is 14.3. The van der Waals surface area contributed by atoms with Crippen LogP contribution in [0.2, 0.25) is 0 Å². The van der Waals surface area contributed by atoms with Gasteiger partial charge in [0.05, 0.1) is 10.6 Å². The maximum absolute atomic E-state index is 12.9. The summed E-state index contributed by atoms with van der Waals surface area (Å²) in [4.78, 5) is 14.9. The molecule has 3 aliphatic rings. The van der Waals surface area contributed by atoms with Crippen LogP contribution >= 0.6 is 23.5 Å². The molecular formula is C24H27NO4S2. The van der Waals surface area contributed by atoms with Gasteiger partial charge in [0.25, 0.3) is 5.91 Å². The van der Waals surface area contributed by atoms with E-state index in [-0.39, 0.29) is 18.6 Å². The second-order valence-electron chi connectivity index (χ2n) is 7.93. The molecule has 31 heavy (non-hydrogen) atoms. The molecule has 2 fully saturated rings. The minimum atomic E-state index is 0.0276. The number of hydrogen-bond acceptors (Lipinski definition) is 6. The van der Waals surface area contributed by atoms with E-state index in [1.54, 1.807) is 0 Å². The fraction of sp³-hybridized carbons (Fsp3) is 0.458. The third-order valence-electron chi connectivity index (χ3n) is 5.87. The first-order chi connectivity index (χ1) is 15.3. The molecule has 5 rings (SSSR count). The molecular weight excluding hydrogens is 430 g/mol. The molecule has 1 atom stereocenters. The van der Waals surface area contributed by atoms with Crippen molar-refractivity contribution in [1.82, 2.24) is 4.90 Å². The summed E-state index contributed by atoms with van der Waals surface area (Å²) in [5.41, 5.74) is 2.42. The van der Waals surface area contributed by atoms with Crippen molar-refractivity contribution in [2.24, 2.45) is 0 Å². The van der Waals surface area contributed by atoms with Gasteiger partial charge in [-0.1, -0.05) is 18.2 Å². The van der Waals surface area contributed by atoms with Crippen LogP contribution in [-0.2, 0) is 4.79 Å². The van der Waals surface area contributed by atoms with Crippen molar-refractivity contribution in [2.75, 3.05) is 37.9 Å². The number of benzene rings is 2. The molecule has 0 saturated carbocycles. The van der Waals surface area contributed by atoms with Crippen LogP contribution in [0.4, 0.5) is 0 Å². The van der Waals surface area contributed by atoms with Crippen molar-refractivity contribution in [3.8, 4) is 17.2 Å². The lowest BCUT2D eigenvalue weighted by Gasteiger charge is -2.27. The molecule has 0 aromatic heterocycles. The number of rotatable bonds is 5. The first-order valence-electron chi connectivity index (χ1n) is 10.9. The van der Waals surface area contributed by atoms with Gasteiger partial charge in [0.15, 0.2) is 18.1 Å². The zero-order valence-corrected chi connectivity index (χ0v) is 19.1. The number of hydrogen-bond donors (Lipinski definition) is 0. The van der Waals surface area contributed by atoms with Crippen LogP contribution in [0.5, 0.6) is 17.2 Å². The summed E-state index contributed by atoms with van der Waals surface area (Å²) in [6.45, 7) is 1.97. The van der Waals surface area contributed by atoms with Gasteiger partial charge in [-0.05, 0) is 66.2 Å². The Balaban J connectivity index is 1.20. The summed E-state index contributed by atoms with van der Waals surface area (Å²) >= 11 is 4.02. The van der Waals surface area contributed by atoms with Gasteiger partial charge >= 0.3 is 0 Å². The highest BCUT2D eigenvalue weighted by Crippen LogP contribution is 2.44. The molecule has 0 bridgehead atoms. The third-order valence-corrected chi connectivity index (χ3v) is 8.88. The number of thioether (sulfide) groups is 2. The van der Waals surface area contributed by atoms with Crippen molar-refractivity contribution in [3.63, 3.8) is 0 Å². The number of carbonyl (C=O) groups excluding carboxylic acids is 1. The molecule has 1 amide bonds. The van der Waals surface area contributed by atoms with E-state index in [0.717, 1.165) is 42.2 Å². The molecule has 164 valence electrons. The minimum Gasteiger partial charge on any atom is -0.486 e. The van der Waals surface area contributed by atoms with Gasteiger partial charge in [-0.25, -0.2) is 0 Å². The van der Waals surface area contributed by atoms with Gasteiger partial charge in [-0.3, -0.25) is 4.79 Å². The van der Waals surface area contributed by atoms with Gasteiger partial charge in [0.2, 0.25) is 0 Å². The highest BCUT2D eigenvalue weighted by Gasteiger charge is 2.31. The van der Waals surface area contributed by atoms with E-state index >= 15 is 0 Å². The molecule has 2 saturated heterocycles. The smallest absolute Gasteiger partial charge is 0.261 e. The van der Waals surface area contributed by atoms with Crippen molar-refractivity contribution >= 4 is 29.4 Å². The molecule has 0 unspecified atom stereocenters. The quantitative estimate of drug-likeness (QED) is 0.625. The van der Waals surface area contributed by atoms with Crippen LogP contribution in [0.1, 0.15) is 41.0 Å². The van der Waals surface area contributed by atoms with Crippen LogP contribution in [0.3, 0.4) is 0 Å². The Morgan fingerprint density at radius 1 is 0.968 bits per heavy atom. The molecule has 0 radical (unpaired) electrons. The molecule has 7 heteroatoms. The number of ether oxygens (including phenoxy) is 3. The van der Waals surface area contributed by atoms with E-state index in [1.165, 1.54) is 23.5 Å². The lowest BCUT2D eigenvalue weighted by molar-refractivity contribution is -0.134. The maximum atomic E-state index is 12.9. The summed E-state index contributed by atoms with van der Waals surface area (Å²) in [7, 11) is 0. The third kappa shape index (κ3) is 4.77. The molecule has 0 N–H and O–H groups in total. The summed E-state index contributed by atoms with van der Waals surface area (Å²) in [6.07, 6.45) is 3.24. The molecule has 0 spiro atoms. The lowest BCUT2D eigenvalue weighted by Crippen LogP contribution is -2.34. The lowest BCUT2D eigenvalue weighted by atomic mass is 10.0. The topological polar surface area (TPSA) is 48.0 Å². The number of fused-ring (bicyclic) bond motifs is 1. The van der Waals surface area contributed by atoms with Crippen LogP contribution in [0.25, 0.3) is 0 Å². The highest BCUT2D eigenvalue weighted by atomic mass is 32.2. The fourth-order valence-corrected chi connectivity index (χ4v) is 7.20. The Morgan fingerprint density at radius 3 is 2.52 bits per heavy atom. The van der Waals surface area contributed by atoms with Crippen LogP contribution in [0.15, 0.2) is 42.5 Å². The van der Waals surface area contributed by atoms with E-state index in [2.05, 4.69) is 12.1 Å². The molecule has 3 aliphatic heterocycles. The fourth-order valence-electron chi connectivity index (χ4n) is 4.31. The zero-order chi connectivity index (χ0) is 21.0. The van der Waals surface area contributed by atoms with E-state index in [4.69, 9.17) is 14.2 Å². The standard InChI is InChI=1S/C24H27NO4S2/c26-23(16-29-19-7-4-17(5-8-19)24-30-13-2-14-31-24)25-10-1-3-20(25)18-6-9-21-22(15-18)28-12-11-27-21/h4-9,15,20,24H,1-3,10-14,16H2/t20-/m1/s1. The van der Waals surface area contributed by atoms with E-state index in [0.29, 0.717) is 17.8 Å². The minimum absolute atomic E-state index is 0.0276. The van der Waals surface area contributed by atoms with Crippen LogP contribution < -0.4 is 14.2 Å². The van der Waals surface area contributed by atoms with Gasteiger partial charge < -0.3 is 19.1 Å². The Bertz CT molecular complexity index is 914. The highest BCUT2D eigenvalue weighted by molar-refractivity contribution is 8.16. The van der Waals surface area contributed by atoms with Gasteiger partial charge in [-0.15, -0.1) is 23.5 Å². The number of likely N-dealkylation sites (tertiary alicyclic amines) is 1. The molecule has 3 heterocycles. The van der Waals surface area contributed by atoms with E-state index < -0.39 is 0 Å². The SMILES string of the molecule is O=C(COc1ccc(C2SCCCS2)cc1)N1CCC[C@@H]1c1ccc2c(c1)OCCO2. The Labute approximate surface area is 191 Å². The first-order valence-corrected chi connectivity index (χ1v) is 13.0. The molecule has 2 aromatic rings. The average Bonchev–Trinajstić information content (AvgIpc) is 3.33. The first kappa shape index (κ1) is 20.9. The van der Waals surface area contributed by atoms with Crippen molar-refractivity contribution in [2.45, 2.75) is 29.9 Å². The Morgan fingerprint density at radius 2 is 1.71 bits per heavy atom. The van der Waals surface area contributed by atoms with Crippen molar-refractivity contribution < 1.29 is 19.0 Å². The summed E-state index contributed by atoms with van der Waals surface area (Å²) in [5.74, 6) is 4.78. The maximum Gasteiger partial charge on any atom is 0.261 e. The van der Waals surface area contributed by atoms with Crippen LogP contribution in [0, 0.1) is 0 Å². The number of carbonyl (C=O) groups is 1. The predicted molar refractivity (Wildman–Crippen MR) is 125 cm³/mol. The van der Waals surface area contributed by atoms with Gasteiger partial charge in [-0.2, -0.15) is 0 Å².